The van der Waals surface area contributed by atoms with Gasteiger partial charge in [0.1, 0.15) is 5.69 Å². The van der Waals surface area contributed by atoms with E-state index >= 15 is 0 Å². The lowest BCUT2D eigenvalue weighted by molar-refractivity contribution is 0.0697. The highest BCUT2D eigenvalue weighted by molar-refractivity contribution is 6.02. The van der Waals surface area contributed by atoms with Gasteiger partial charge in [-0.1, -0.05) is 6.07 Å². The minimum absolute atomic E-state index is 0.0849. The van der Waals surface area contributed by atoms with E-state index < -0.39 is 11.9 Å². The molecule has 0 atom stereocenters. The lowest BCUT2D eigenvalue weighted by Gasteiger charge is -2.23. The average molecular weight is 381 g/mol. The summed E-state index contributed by atoms with van der Waals surface area (Å²) < 4.78 is 1.48. The number of amides is 1. The topological polar surface area (TPSA) is 125 Å². The molecule has 10 nitrogen and oxygen atoms in total. The highest BCUT2D eigenvalue weighted by Gasteiger charge is 2.20. The highest BCUT2D eigenvalue weighted by Crippen LogP contribution is 2.23. The van der Waals surface area contributed by atoms with Gasteiger partial charge >= 0.3 is 5.97 Å². The maximum Gasteiger partial charge on any atom is 0.338 e. The number of aromatic nitrogens is 4. The molecule has 4 rings (SSSR count). The van der Waals surface area contributed by atoms with Crippen molar-refractivity contribution in [3.8, 4) is 0 Å². The fraction of sp³-hybridized carbons (Fsp3) is 0.278. The second-order valence-corrected chi connectivity index (χ2v) is 6.38. The standard InChI is InChI=1S/C18H19N7O3/c26-16(13-4-1-2-6-20-13)22-18-21-15-10-12(17(27)28)14(11-25(15)23-18)24-8-3-5-19-7-9-24/h1-2,4,6,10-11,19H,3,5,7-9H2,(H,27,28)(H,22,23,26). The molecule has 28 heavy (non-hydrogen) atoms. The zero-order chi connectivity index (χ0) is 19.5. The van der Waals surface area contributed by atoms with Crippen LogP contribution >= 0.6 is 0 Å². The Hall–Kier alpha value is -3.53. The second-order valence-electron chi connectivity index (χ2n) is 6.38. The Kier molecular flexibility index (Phi) is 4.85. The van der Waals surface area contributed by atoms with E-state index in [9.17, 15) is 14.7 Å². The fourth-order valence-electron chi connectivity index (χ4n) is 3.14. The van der Waals surface area contributed by atoms with E-state index in [0.717, 1.165) is 26.1 Å². The zero-order valence-corrected chi connectivity index (χ0v) is 15.0. The largest absolute Gasteiger partial charge is 0.478 e. The molecule has 0 bridgehead atoms. The third-order valence-corrected chi connectivity index (χ3v) is 4.49. The van der Waals surface area contributed by atoms with Crippen LogP contribution in [-0.2, 0) is 0 Å². The summed E-state index contributed by atoms with van der Waals surface area (Å²) in [4.78, 5) is 34.3. The number of carboxylic acids is 1. The van der Waals surface area contributed by atoms with Gasteiger partial charge in [-0.3, -0.25) is 15.1 Å². The third-order valence-electron chi connectivity index (χ3n) is 4.49. The summed E-state index contributed by atoms with van der Waals surface area (Å²) in [5, 5.41) is 19.8. The molecule has 1 saturated heterocycles. The fourth-order valence-corrected chi connectivity index (χ4v) is 3.14. The molecule has 3 aromatic heterocycles. The number of hydrogen-bond acceptors (Lipinski definition) is 7. The van der Waals surface area contributed by atoms with Crippen LogP contribution in [0.25, 0.3) is 5.65 Å². The van der Waals surface area contributed by atoms with Gasteiger partial charge in [0.25, 0.3) is 5.91 Å². The van der Waals surface area contributed by atoms with Gasteiger partial charge in [-0.05, 0) is 31.2 Å². The SMILES string of the molecule is O=C(Nc1nc2cc(C(=O)O)c(N3CCCNCC3)cn2n1)c1ccccn1. The quantitative estimate of drug-likeness (QED) is 0.608. The van der Waals surface area contributed by atoms with Gasteiger partial charge in [-0.2, -0.15) is 4.98 Å². The number of nitrogens with one attached hydrogen (secondary N) is 2. The van der Waals surface area contributed by atoms with Crippen LogP contribution < -0.4 is 15.5 Å². The predicted molar refractivity (Wildman–Crippen MR) is 102 cm³/mol. The number of carbonyl (C=O) groups excluding carboxylic acids is 1. The van der Waals surface area contributed by atoms with Gasteiger partial charge in [0, 0.05) is 25.8 Å². The summed E-state index contributed by atoms with van der Waals surface area (Å²) >= 11 is 0. The van der Waals surface area contributed by atoms with Crippen molar-refractivity contribution in [1.29, 1.82) is 0 Å². The Labute approximate surface area is 160 Å². The number of aromatic carboxylic acids is 1. The first-order valence-corrected chi connectivity index (χ1v) is 8.93. The molecule has 10 heteroatoms. The average Bonchev–Trinajstić information content (AvgIpc) is 2.89. The second kappa shape index (κ2) is 7.61. The number of fused-ring (bicyclic) bond motifs is 1. The number of anilines is 2. The number of rotatable bonds is 4. The maximum absolute atomic E-state index is 12.2. The Morgan fingerprint density at radius 3 is 2.89 bits per heavy atom. The van der Waals surface area contributed by atoms with E-state index in [1.54, 1.807) is 24.4 Å². The minimum Gasteiger partial charge on any atom is -0.478 e. The molecule has 4 heterocycles. The van der Waals surface area contributed by atoms with Gasteiger partial charge in [-0.25, -0.2) is 9.31 Å². The van der Waals surface area contributed by atoms with Crippen LogP contribution in [0.15, 0.2) is 36.7 Å². The van der Waals surface area contributed by atoms with Crippen molar-refractivity contribution in [1.82, 2.24) is 24.9 Å². The van der Waals surface area contributed by atoms with Crippen molar-refractivity contribution in [3.63, 3.8) is 0 Å². The van der Waals surface area contributed by atoms with Crippen LogP contribution in [0.1, 0.15) is 27.3 Å². The monoisotopic (exact) mass is 381 g/mol. The summed E-state index contributed by atoms with van der Waals surface area (Å²) in [7, 11) is 0. The molecule has 144 valence electrons. The van der Waals surface area contributed by atoms with E-state index in [1.807, 2.05) is 4.90 Å². The molecular weight excluding hydrogens is 362 g/mol. The molecule has 0 radical (unpaired) electrons. The third kappa shape index (κ3) is 3.62. The Morgan fingerprint density at radius 1 is 1.21 bits per heavy atom. The van der Waals surface area contributed by atoms with Crippen molar-refractivity contribution in [2.24, 2.45) is 0 Å². The summed E-state index contributed by atoms with van der Waals surface area (Å²) in [5.74, 6) is -1.38. The van der Waals surface area contributed by atoms with E-state index in [0.29, 0.717) is 17.9 Å². The van der Waals surface area contributed by atoms with Crippen molar-refractivity contribution in [3.05, 3.63) is 47.9 Å². The van der Waals surface area contributed by atoms with Crippen LogP contribution in [0.3, 0.4) is 0 Å². The molecule has 1 fully saturated rings. The number of carboxylic acid groups (broad SMARTS) is 1. The van der Waals surface area contributed by atoms with Gasteiger partial charge in [0.15, 0.2) is 5.65 Å². The molecule has 1 aliphatic rings. The molecule has 1 amide bonds. The molecule has 0 unspecified atom stereocenters. The molecule has 0 aromatic carbocycles. The summed E-state index contributed by atoms with van der Waals surface area (Å²) in [6.07, 6.45) is 4.08. The number of carbonyl (C=O) groups is 2. The van der Waals surface area contributed by atoms with Crippen molar-refractivity contribution >= 4 is 29.2 Å². The first kappa shape index (κ1) is 17.9. The van der Waals surface area contributed by atoms with Crippen molar-refractivity contribution in [2.75, 3.05) is 36.4 Å². The Balaban J connectivity index is 1.67. The van der Waals surface area contributed by atoms with E-state index in [2.05, 4.69) is 25.7 Å². The van der Waals surface area contributed by atoms with E-state index in [-0.39, 0.29) is 17.2 Å². The zero-order valence-electron chi connectivity index (χ0n) is 15.0. The van der Waals surface area contributed by atoms with Gasteiger partial charge in [0.2, 0.25) is 5.95 Å². The van der Waals surface area contributed by atoms with Crippen LogP contribution in [0.5, 0.6) is 0 Å². The molecular formula is C18H19N7O3. The van der Waals surface area contributed by atoms with Gasteiger partial charge in [0.05, 0.1) is 17.4 Å². The Morgan fingerprint density at radius 2 is 2.11 bits per heavy atom. The molecule has 0 saturated carbocycles. The van der Waals surface area contributed by atoms with Crippen LogP contribution in [0, 0.1) is 0 Å². The van der Waals surface area contributed by atoms with Crippen LogP contribution in [0.2, 0.25) is 0 Å². The molecule has 1 aliphatic heterocycles. The Bertz CT molecular complexity index is 1010. The highest BCUT2D eigenvalue weighted by atomic mass is 16.4. The lowest BCUT2D eigenvalue weighted by atomic mass is 10.2. The molecule has 3 aromatic rings. The first-order valence-electron chi connectivity index (χ1n) is 8.93. The maximum atomic E-state index is 12.2. The number of nitrogens with zero attached hydrogens (tertiary/aromatic N) is 5. The van der Waals surface area contributed by atoms with Crippen molar-refractivity contribution < 1.29 is 14.7 Å². The lowest BCUT2D eigenvalue weighted by Crippen LogP contribution is -2.29. The smallest absolute Gasteiger partial charge is 0.338 e. The minimum atomic E-state index is -1.03. The molecule has 0 aliphatic carbocycles. The van der Waals surface area contributed by atoms with Crippen LogP contribution in [0.4, 0.5) is 11.6 Å². The normalized spacial score (nSPS) is 14.6. The number of hydrogen-bond donors (Lipinski definition) is 3. The first-order chi connectivity index (χ1) is 13.6. The van der Waals surface area contributed by atoms with Crippen LogP contribution in [-0.4, -0.2) is 62.7 Å². The van der Waals surface area contributed by atoms with Crippen molar-refractivity contribution in [2.45, 2.75) is 6.42 Å². The number of pyridine rings is 2. The predicted octanol–water partition coefficient (Wildman–Crippen LogP) is 0.874. The van der Waals surface area contributed by atoms with E-state index in [1.165, 1.54) is 16.8 Å². The summed E-state index contributed by atoms with van der Waals surface area (Å²) in [6, 6.07) is 6.48. The van der Waals surface area contributed by atoms with Gasteiger partial charge in [-0.15, -0.1) is 5.10 Å². The summed E-state index contributed by atoms with van der Waals surface area (Å²) in [6.45, 7) is 3.12. The molecule has 0 spiro atoms. The van der Waals surface area contributed by atoms with Gasteiger partial charge < -0.3 is 15.3 Å². The molecule has 3 N–H and O–H groups in total. The summed E-state index contributed by atoms with van der Waals surface area (Å²) in [5.41, 5.74) is 1.32. The van der Waals surface area contributed by atoms with E-state index in [4.69, 9.17) is 0 Å².